The number of rotatable bonds is 10. The van der Waals surface area contributed by atoms with Crippen molar-refractivity contribution in [1.29, 1.82) is 0 Å². The first-order valence-corrected chi connectivity index (χ1v) is 11.2. The summed E-state index contributed by atoms with van der Waals surface area (Å²) in [7, 11) is 1.62. The molecule has 0 radical (unpaired) electrons. The maximum Gasteiger partial charge on any atom is 0.226 e. The Hall–Kier alpha value is -3.61. The average molecular weight is 449 g/mol. The van der Waals surface area contributed by atoms with Gasteiger partial charge in [0.1, 0.15) is 11.6 Å². The van der Waals surface area contributed by atoms with Gasteiger partial charge in [-0.2, -0.15) is 5.10 Å². The molecular weight excluding hydrogens is 416 g/mol. The highest BCUT2D eigenvalue weighted by atomic mass is 16.5. The van der Waals surface area contributed by atoms with Crippen LogP contribution in [0.15, 0.2) is 54.6 Å². The van der Waals surface area contributed by atoms with Crippen molar-refractivity contribution in [3.8, 4) is 22.6 Å². The number of anilines is 1. The van der Waals surface area contributed by atoms with Gasteiger partial charge in [-0.25, -0.2) is 4.68 Å². The van der Waals surface area contributed by atoms with Crippen LogP contribution < -0.4 is 15.4 Å². The maximum absolute atomic E-state index is 12.8. The summed E-state index contributed by atoms with van der Waals surface area (Å²) >= 11 is 0. The Balaban J connectivity index is 1.82. The highest BCUT2D eigenvalue weighted by molar-refractivity contribution is 5.96. The monoisotopic (exact) mass is 448 g/mol. The molecule has 33 heavy (non-hydrogen) atoms. The van der Waals surface area contributed by atoms with E-state index in [1.165, 1.54) is 0 Å². The SMILES string of the molecule is COc1ccc(-n2nc(C)c(-c3ccccc3)c2NC(=O)CCC(=O)NCCC(C)C)cc1. The number of ether oxygens (including phenoxy) is 1. The van der Waals surface area contributed by atoms with Gasteiger partial charge in [0.2, 0.25) is 11.8 Å². The molecule has 0 aliphatic rings. The molecule has 174 valence electrons. The van der Waals surface area contributed by atoms with Gasteiger partial charge in [0.25, 0.3) is 0 Å². The summed E-state index contributed by atoms with van der Waals surface area (Å²) < 4.78 is 6.98. The Morgan fingerprint density at radius 1 is 1.00 bits per heavy atom. The molecule has 0 saturated heterocycles. The lowest BCUT2D eigenvalue weighted by molar-refractivity contribution is -0.124. The van der Waals surface area contributed by atoms with Crippen molar-refractivity contribution in [3.63, 3.8) is 0 Å². The molecule has 1 aromatic heterocycles. The van der Waals surface area contributed by atoms with Crippen LogP contribution in [0.5, 0.6) is 5.75 Å². The molecule has 1 heterocycles. The topological polar surface area (TPSA) is 85.2 Å². The molecule has 0 unspecified atom stereocenters. The quantitative estimate of drug-likeness (QED) is 0.469. The van der Waals surface area contributed by atoms with Crippen LogP contribution in [0.1, 0.15) is 38.8 Å². The van der Waals surface area contributed by atoms with E-state index in [2.05, 4.69) is 24.5 Å². The van der Waals surface area contributed by atoms with Crippen LogP contribution in [0, 0.1) is 12.8 Å². The van der Waals surface area contributed by atoms with Crippen LogP contribution in [0.25, 0.3) is 16.8 Å². The Kier molecular flexibility index (Phi) is 8.24. The molecule has 7 heteroatoms. The number of benzene rings is 2. The van der Waals surface area contributed by atoms with Crippen molar-refractivity contribution in [2.45, 2.75) is 40.0 Å². The normalized spacial score (nSPS) is 10.8. The fourth-order valence-corrected chi connectivity index (χ4v) is 3.51. The molecule has 0 saturated carbocycles. The van der Waals surface area contributed by atoms with Crippen LogP contribution in [0.4, 0.5) is 5.82 Å². The van der Waals surface area contributed by atoms with Crippen molar-refractivity contribution in [2.24, 2.45) is 5.92 Å². The van der Waals surface area contributed by atoms with E-state index in [1.807, 2.05) is 61.5 Å². The van der Waals surface area contributed by atoms with Gasteiger partial charge in [-0.05, 0) is 49.1 Å². The minimum atomic E-state index is -0.235. The smallest absolute Gasteiger partial charge is 0.226 e. The second-order valence-electron chi connectivity index (χ2n) is 8.37. The first-order valence-electron chi connectivity index (χ1n) is 11.2. The van der Waals surface area contributed by atoms with Crippen molar-refractivity contribution in [2.75, 3.05) is 19.0 Å². The Bertz CT molecular complexity index is 1070. The molecule has 0 atom stereocenters. The van der Waals surface area contributed by atoms with Crippen molar-refractivity contribution in [1.82, 2.24) is 15.1 Å². The van der Waals surface area contributed by atoms with E-state index >= 15 is 0 Å². The van der Waals surface area contributed by atoms with E-state index in [1.54, 1.807) is 11.8 Å². The van der Waals surface area contributed by atoms with E-state index in [-0.39, 0.29) is 24.7 Å². The van der Waals surface area contributed by atoms with Gasteiger partial charge < -0.3 is 15.4 Å². The molecule has 0 aliphatic carbocycles. The second-order valence-corrected chi connectivity index (χ2v) is 8.37. The third-order valence-corrected chi connectivity index (χ3v) is 5.32. The van der Waals surface area contributed by atoms with Crippen molar-refractivity contribution >= 4 is 17.6 Å². The van der Waals surface area contributed by atoms with Crippen LogP contribution in [-0.4, -0.2) is 35.2 Å². The summed E-state index contributed by atoms with van der Waals surface area (Å²) in [5.41, 5.74) is 3.39. The Morgan fingerprint density at radius 2 is 1.67 bits per heavy atom. The van der Waals surface area contributed by atoms with Crippen LogP contribution in [0.2, 0.25) is 0 Å². The predicted molar refractivity (Wildman–Crippen MR) is 131 cm³/mol. The molecule has 0 fully saturated rings. The summed E-state index contributed by atoms with van der Waals surface area (Å²) in [5.74, 6) is 1.48. The molecule has 7 nitrogen and oxygen atoms in total. The highest BCUT2D eigenvalue weighted by Gasteiger charge is 2.20. The zero-order valence-corrected chi connectivity index (χ0v) is 19.7. The number of carbonyl (C=O) groups is 2. The van der Waals surface area contributed by atoms with Crippen LogP contribution in [-0.2, 0) is 9.59 Å². The summed E-state index contributed by atoms with van der Waals surface area (Å²) in [6.45, 7) is 6.76. The number of carbonyl (C=O) groups excluding carboxylic acids is 2. The molecule has 2 amide bonds. The summed E-state index contributed by atoms with van der Waals surface area (Å²) in [6.07, 6.45) is 1.15. The minimum absolute atomic E-state index is 0.0918. The summed E-state index contributed by atoms with van der Waals surface area (Å²) in [6, 6.07) is 17.3. The van der Waals surface area contributed by atoms with Crippen molar-refractivity contribution < 1.29 is 14.3 Å². The summed E-state index contributed by atoms with van der Waals surface area (Å²) in [5, 5.41) is 10.6. The predicted octanol–water partition coefficient (Wildman–Crippen LogP) is 4.74. The van der Waals surface area contributed by atoms with Gasteiger partial charge in [0.15, 0.2) is 0 Å². The van der Waals surface area contributed by atoms with Gasteiger partial charge in [0.05, 0.1) is 18.5 Å². The van der Waals surface area contributed by atoms with Crippen LogP contribution >= 0.6 is 0 Å². The fourth-order valence-electron chi connectivity index (χ4n) is 3.51. The third kappa shape index (κ3) is 6.44. The number of nitrogens with zero attached hydrogens (tertiary/aromatic N) is 2. The standard InChI is InChI=1S/C26H32N4O3/c1-18(2)16-17-27-23(31)14-15-24(32)28-26-25(20-8-6-5-7-9-20)19(3)29-30(26)21-10-12-22(33-4)13-11-21/h5-13,18H,14-17H2,1-4H3,(H,27,31)(H,28,32). The number of amides is 2. The molecule has 0 spiro atoms. The molecule has 3 rings (SSSR count). The van der Waals surface area contributed by atoms with Gasteiger partial charge in [-0.15, -0.1) is 0 Å². The average Bonchev–Trinajstić information content (AvgIpc) is 3.13. The lowest BCUT2D eigenvalue weighted by atomic mass is 10.1. The van der Waals surface area contributed by atoms with E-state index < -0.39 is 0 Å². The lowest BCUT2D eigenvalue weighted by Gasteiger charge is -2.12. The fraction of sp³-hybridized carbons (Fsp3) is 0.346. The number of aryl methyl sites for hydroxylation is 1. The molecule has 3 aromatic rings. The molecular formula is C26H32N4O3. The lowest BCUT2D eigenvalue weighted by Crippen LogP contribution is -2.26. The number of methoxy groups -OCH3 is 1. The van der Waals surface area contributed by atoms with E-state index in [0.29, 0.717) is 18.3 Å². The second kappa shape index (κ2) is 11.3. The number of hydrogen-bond acceptors (Lipinski definition) is 4. The van der Waals surface area contributed by atoms with Gasteiger partial charge in [-0.3, -0.25) is 9.59 Å². The zero-order chi connectivity index (χ0) is 23.8. The van der Waals surface area contributed by atoms with E-state index in [9.17, 15) is 9.59 Å². The van der Waals surface area contributed by atoms with E-state index in [0.717, 1.165) is 34.7 Å². The van der Waals surface area contributed by atoms with Crippen molar-refractivity contribution in [3.05, 3.63) is 60.3 Å². The number of hydrogen-bond donors (Lipinski definition) is 2. The summed E-state index contributed by atoms with van der Waals surface area (Å²) in [4.78, 5) is 24.9. The molecule has 2 N–H and O–H groups in total. The van der Waals surface area contributed by atoms with Crippen LogP contribution in [0.3, 0.4) is 0 Å². The Morgan fingerprint density at radius 3 is 2.30 bits per heavy atom. The number of nitrogens with one attached hydrogen (secondary N) is 2. The molecule has 2 aromatic carbocycles. The first kappa shape index (κ1) is 24.0. The Labute approximate surface area is 195 Å². The minimum Gasteiger partial charge on any atom is -0.497 e. The van der Waals surface area contributed by atoms with Gasteiger partial charge >= 0.3 is 0 Å². The third-order valence-electron chi connectivity index (χ3n) is 5.32. The molecule has 0 bridgehead atoms. The highest BCUT2D eigenvalue weighted by Crippen LogP contribution is 2.33. The molecule has 0 aliphatic heterocycles. The largest absolute Gasteiger partial charge is 0.497 e. The van der Waals surface area contributed by atoms with E-state index in [4.69, 9.17) is 9.84 Å². The maximum atomic E-state index is 12.8. The van der Waals surface area contributed by atoms with Gasteiger partial charge in [0, 0.05) is 24.9 Å². The van der Waals surface area contributed by atoms with Gasteiger partial charge in [-0.1, -0.05) is 44.2 Å². The number of aromatic nitrogens is 2. The first-order chi connectivity index (χ1) is 15.9. The zero-order valence-electron chi connectivity index (χ0n) is 19.7.